The maximum atomic E-state index is 14.0. The lowest BCUT2D eigenvalue weighted by Gasteiger charge is -2.24. The van der Waals surface area contributed by atoms with Crippen molar-refractivity contribution in [1.29, 1.82) is 0 Å². The van der Waals surface area contributed by atoms with Crippen molar-refractivity contribution in [2.75, 3.05) is 26.8 Å². The molecule has 5 rings (SSSR count). The van der Waals surface area contributed by atoms with Crippen molar-refractivity contribution in [3.05, 3.63) is 83.3 Å². The number of benzene rings is 3. The number of amides is 1. The Hall–Kier alpha value is -4.87. The van der Waals surface area contributed by atoms with Crippen molar-refractivity contribution in [2.24, 2.45) is 7.05 Å². The molecule has 0 atom stereocenters. The fourth-order valence-electron chi connectivity index (χ4n) is 6.70. The number of carbonyl (C=O) groups is 2. The van der Waals surface area contributed by atoms with E-state index in [0.717, 1.165) is 44.1 Å². The molecule has 284 valence electrons. The Labute approximate surface area is 312 Å². The van der Waals surface area contributed by atoms with E-state index >= 15 is 0 Å². The van der Waals surface area contributed by atoms with Gasteiger partial charge in [0.25, 0.3) is 0 Å². The molecule has 0 spiro atoms. The quantitative estimate of drug-likeness (QED) is 0.0802. The summed E-state index contributed by atoms with van der Waals surface area (Å²) < 4.78 is 27.4. The summed E-state index contributed by atoms with van der Waals surface area (Å²) in [7, 11) is 3.52. The molecule has 0 saturated heterocycles. The van der Waals surface area contributed by atoms with E-state index in [-0.39, 0.29) is 25.9 Å². The molecule has 11 nitrogen and oxygen atoms in total. The Morgan fingerprint density at radius 1 is 0.981 bits per heavy atom. The van der Waals surface area contributed by atoms with Gasteiger partial charge >= 0.3 is 12.1 Å². The van der Waals surface area contributed by atoms with E-state index in [0.29, 0.717) is 56.0 Å². The van der Waals surface area contributed by atoms with E-state index in [1.54, 1.807) is 23.6 Å². The number of carbonyl (C=O) groups excluding carboxylic acids is 2. The van der Waals surface area contributed by atoms with Crippen molar-refractivity contribution in [2.45, 2.75) is 92.3 Å². The number of aliphatic hydroxyl groups is 1. The topological polar surface area (TPSA) is 117 Å². The third kappa shape index (κ3) is 9.20. The van der Waals surface area contributed by atoms with Gasteiger partial charge in [0.2, 0.25) is 0 Å². The molecule has 0 fully saturated rings. The Morgan fingerprint density at radius 3 is 2.42 bits per heavy atom. The van der Waals surface area contributed by atoms with Crippen molar-refractivity contribution in [3.8, 4) is 16.9 Å². The molecular weight excluding hydrogens is 672 g/mol. The summed E-state index contributed by atoms with van der Waals surface area (Å²) >= 11 is 0. The Morgan fingerprint density at radius 2 is 1.70 bits per heavy atom. The van der Waals surface area contributed by atoms with Crippen LogP contribution in [0.2, 0.25) is 0 Å². The van der Waals surface area contributed by atoms with E-state index in [1.165, 1.54) is 0 Å². The van der Waals surface area contributed by atoms with Crippen molar-refractivity contribution in [1.82, 2.24) is 19.2 Å². The van der Waals surface area contributed by atoms with Gasteiger partial charge in [-0.1, -0.05) is 54.6 Å². The van der Waals surface area contributed by atoms with E-state index in [4.69, 9.17) is 24.0 Å². The molecule has 0 saturated carbocycles. The first-order chi connectivity index (χ1) is 25.3. The summed E-state index contributed by atoms with van der Waals surface area (Å²) in [4.78, 5) is 28.4. The predicted molar refractivity (Wildman–Crippen MR) is 207 cm³/mol. The van der Waals surface area contributed by atoms with Crippen LogP contribution < -0.4 is 4.74 Å². The number of hydrogen-bond donors (Lipinski definition) is 1. The minimum absolute atomic E-state index is 0.0258. The lowest BCUT2D eigenvalue weighted by Crippen LogP contribution is -2.35. The molecule has 0 radical (unpaired) electrons. The molecule has 0 bridgehead atoms. The molecule has 0 aliphatic carbocycles. The molecule has 11 heteroatoms. The highest BCUT2D eigenvalue weighted by molar-refractivity contribution is 6.05. The maximum Gasteiger partial charge on any atom is 0.410 e. The SMILES string of the molecule is CCOC(=O)c1c(CCCOc2cccc3ccccc23)c2cccc(-c3c(COC(C)C)nn(C)c3CO)c2n1CCCN(C)C(=O)OC(C)(C)C. The third-order valence-electron chi connectivity index (χ3n) is 9.03. The van der Waals surface area contributed by atoms with Crippen LogP contribution in [0.5, 0.6) is 5.75 Å². The number of nitrogens with zero attached hydrogens (tertiary/aromatic N) is 4. The molecule has 1 amide bonds. The second kappa shape index (κ2) is 17.3. The fraction of sp³-hybridized carbons (Fsp3) is 0.452. The van der Waals surface area contributed by atoms with Gasteiger partial charge in [-0.2, -0.15) is 5.10 Å². The summed E-state index contributed by atoms with van der Waals surface area (Å²) in [5.74, 6) is 0.397. The number of fused-ring (bicyclic) bond motifs is 2. The first-order valence-corrected chi connectivity index (χ1v) is 18.5. The first kappa shape index (κ1) is 39.3. The van der Waals surface area contributed by atoms with E-state index in [9.17, 15) is 14.7 Å². The number of ether oxygens (including phenoxy) is 4. The summed E-state index contributed by atoms with van der Waals surface area (Å²) in [6, 6.07) is 20.2. The average Bonchev–Trinajstić information content (AvgIpc) is 3.61. The van der Waals surface area contributed by atoms with Crippen LogP contribution in [0, 0.1) is 0 Å². The van der Waals surface area contributed by atoms with Gasteiger partial charge in [0.1, 0.15) is 17.0 Å². The Bertz CT molecular complexity index is 2030. The minimum Gasteiger partial charge on any atom is -0.493 e. The molecule has 0 unspecified atom stereocenters. The second-order valence-corrected chi connectivity index (χ2v) is 14.5. The van der Waals surface area contributed by atoms with E-state index in [1.807, 2.05) is 88.7 Å². The molecular formula is C42H54N4O7. The molecule has 1 N–H and O–H groups in total. The van der Waals surface area contributed by atoms with Crippen LogP contribution in [0.1, 0.15) is 81.8 Å². The summed E-state index contributed by atoms with van der Waals surface area (Å²) in [5.41, 5.74) is 4.46. The molecule has 2 heterocycles. The molecule has 3 aromatic carbocycles. The number of esters is 1. The van der Waals surface area contributed by atoms with E-state index < -0.39 is 17.7 Å². The van der Waals surface area contributed by atoms with Crippen molar-refractivity contribution < 1.29 is 33.6 Å². The summed E-state index contributed by atoms with van der Waals surface area (Å²) in [5, 5.41) is 18.4. The third-order valence-corrected chi connectivity index (χ3v) is 9.03. The van der Waals surface area contributed by atoms with Gasteiger partial charge in [-0.15, -0.1) is 0 Å². The van der Waals surface area contributed by atoms with Crippen LogP contribution in [0.15, 0.2) is 60.7 Å². The Balaban J connectivity index is 1.59. The van der Waals surface area contributed by atoms with Crippen molar-refractivity contribution in [3.63, 3.8) is 0 Å². The molecule has 53 heavy (non-hydrogen) atoms. The molecule has 0 aliphatic rings. The number of hydrogen-bond acceptors (Lipinski definition) is 8. The zero-order chi connectivity index (χ0) is 38.3. The number of aromatic nitrogens is 3. The van der Waals surface area contributed by atoms with Gasteiger partial charge in [0, 0.05) is 49.1 Å². The smallest absolute Gasteiger partial charge is 0.410 e. The number of rotatable bonds is 16. The minimum atomic E-state index is -0.620. The van der Waals surface area contributed by atoms with Crippen LogP contribution in [0.25, 0.3) is 32.8 Å². The average molecular weight is 727 g/mol. The number of aliphatic hydroxyl groups excluding tert-OH is 1. The van der Waals surface area contributed by atoms with E-state index in [2.05, 4.69) is 18.2 Å². The second-order valence-electron chi connectivity index (χ2n) is 14.5. The van der Waals surface area contributed by atoms with Gasteiger partial charge in [-0.3, -0.25) is 4.68 Å². The number of aryl methyl sites for hydroxylation is 3. The molecule has 5 aromatic rings. The fourth-order valence-corrected chi connectivity index (χ4v) is 6.70. The van der Waals surface area contributed by atoms with Gasteiger partial charge in [0.05, 0.1) is 49.4 Å². The zero-order valence-electron chi connectivity index (χ0n) is 32.4. The highest BCUT2D eigenvalue weighted by atomic mass is 16.6. The van der Waals surface area contributed by atoms with Gasteiger partial charge < -0.3 is 33.5 Å². The normalized spacial score (nSPS) is 11.8. The summed E-state index contributed by atoms with van der Waals surface area (Å²) in [6.07, 6.45) is 1.29. The van der Waals surface area contributed by atoms with Gasteiger partial charge in [0.15, 0.2) is 0 Å². The predicted octanol–water partition coefficient (Wildman–Crippen LogP) is 8.06. The standard InChI is InChI=1S/C42H54N4O7/c1-9-50-40(48)39-32(21-14-25-51-36-22-12-17-29-16-10-11-18-30(29)36)31-19-13-20-33(37-34(27-52-28(2)3)43-45(8)35(37)26-47)38(31)46(39)24-15-23-44(7)41(49)53-42(4,5)6/h10-13,16-20,22,28,47H,9,14-15,21,23-27H2,1-8H3. The van der Waals surface area contributed by atoms with Crippen LogP contribution in [-0.4, -0.2) is 74.9 Å². The largest absolute Gasteiger partial charge is 0.493 e. The first-order valence-electron chi connectivity index (χ1n) is 18.5. The summed E-state index contributed by atoms with van der Waals surface area (Å²) in [6.45, 7) is 12.7. The maximum absolute atomic E-state index is 14.0. The lowest BCUT2D eigenvalue weighted by atomic mass is 9.98. The van der Waals surface area contributed by atoms with Crippen LogP contribution in [0.4, 0.5) is 4.79 Å². The van der Waals surface area contributed by atoms with Gasteiger partial charge in [-0.05, 0) is 77.8 Å². The van der Waals surface area contributed by atoms with Gasteiger partial charge in [-0.25, -0.2) is 9.59 Å². The molecule has 0 aliphatic heterocycles. The zero-order valence-corrected chi connectivity index (χ0v) is 32.4. The Kier molecular flexibility index (Phi) is 12.8. The number of para-hydroxylation sites is 1. The highest BCUT2D eigenvalue weighted by Crippen LogP contribution is 2.39. The van der Waals surface area contributed by atoms with Crippen LogP contribution in [0.3, 0.4) is 0 Å². The molecule has 2 aromatic heterocycles. The van der Waals surface area contributed by atoms with Crippen LogP contribution in [-0.2, 0) is 47.4 Å². The monoisotopic (exact) mass is 726 g/mol. The highest BCUT2D eigenvalue weighted by Gasteiger charge is 2.29. The van der Waals surface area contributed by atoms with Crippen molar-refractivity contribution >= 4 is 33.7 Å². The van der Waals surface area contributed by atoms with Crippen LogP contribution >= 0.6 is 0 Å². The lowest BCUT2D eigenvalue weighted by molar-refractivity contribution is 0.0294.